The summed E-state index contributed by atoms with van der Waals surface area (Å²) in [6, 6.07) is 0. The highest BCUT2D eigenvalue weighted by atomic mass is 16.7. The summed E-state index contributed by atoms with van der Waals surface area (Å²) in [5, 5.41) is 22.9. The van der Waals surface area contributed by atoms with Gasteiger partial charge in [0.25, 0.3) is 0 Å². The Morgan fingerprint density at radius 3 is 2.40 bits per heavy atom. The molecule has 11 heteroatoms. The number of hydrogen-bond acceptors (Lipinski definition) is 10. The predicted molar refractivity (Wildman–Crippen MR) is 166 cm³/mol. The van der Waals surface area contributed by atoms with Gasteiger partial charge in [-0.3, -0.25) is 4.79 Å². The minimum absolute atomic E-state index is 0.00212. The van der Waals surface area contributed by atoms with Crippen molar-refractivity contribution < 1.29 is 53.0 Å². The van der Waals surface area contributed by atoms with Gasteiger partial charge in [0.2, 0.25) is 0 Å². The first-order valence-corrected chi connectivity index (χ1v) is 17.4. The summed E-state index contributed by atoms with van der Waals surface area (Å²) in [6.07, 6.45) is 2.48. The number of fused-ring (bicyclic) bond motifs is 2. The molecule has 11 nitrogen and oxygen atoms in total. The van der Waals surface area contributed by atoms with Crippen LogP contribution >= 0.6 is 0 Å². The summed E-state index contributed by atoms with van der Waals surface area (Å²) in [6.45, 7) is 11.6. The number of carbonyl (C=O) groups excluding carboxylic acids is 2. The molecular formula is C36H50O11. The summed E-state index contributed by atoms with van der Waals surface area (Å²) in [5.41, 5.74) is -2.17. The Kier molecular flexibility index (Phi) is 8.13. The van der Waals surface area contributed by atoms with E-state index in [1.165, 1.54) is 7.11 Å². The number of rotatable bonds is 11. The number of carboxylic acids is 1. The number of methoxy groups -OCH3 is 1. The molecule has 0 spiro atoms. The molecule has 0 radical (unpaired) electrons. The first-order chi connectivity index (χ1) is 22.3. The average molecular weight is 659 g/mol. The highest BCUT2D eigenvalue weighted by molar-refractivity contribution is 5.90. The highest BCUT2D eigenvalue weighted by Crippen LogP contribution is 2.82. The SMILES string of the molecule is CO[C@H]1[C@@H](OC(=O)/C(C)=C\C2OC2C2OC2C)[C@H](O)[C@H](OCC23C[C@@H]4[C@H](C)CC[C@H]4C4(C=O)CC2C=C(C(C)C)C34C(=O)O)O[C@@H]1C. The lowest BCUT2D eigenvalue weighted by atomic mass is 9.43. The van der Waals surface area contributed by atoms with Crippen LogP contribution < -0.4 is 0 Å². The van der Waals surface area contributed by atoms with Crippen LogP contribution in [-0.4, -0.2) is 97.3 Å². The fourth-order valence-corrected chi connectivity index (χ4v) is 11.1. The third-order valence-electron chi connectivity index (χ3n) is 13.3. The molecule has 0 aromatic heterocycles. The Morgan fingerprint density at radius 1 is 1.06 bits per heavy atom. The maximum absolute atomic E-state index is 13.8. The molecular weight excluding hydrogens is 608 g/mol. The van der Waals surface area contributed by atoms with Crippen molar-refractivity contribution >= 4 is 18.2 Å². The van der Waals surface area contributed by atoms with E-state index in [2.05, 4.69) is 13.0 Å². The van der Waals surface area contributed by atoms with E-state index in [1.54, 1.807) is 19.9 Å². The molecule has 7 aliphatic rings. The van der Waals surface area contributed by atoms with Crippen LogP contribution in [0.25, 0.3) is 0 Å². The second-order valence-electron chi connectivity index (χ2n) is 15.8. The Balaban J connectivity index is 1.14. The van der Waals surface area contributed by atoms with Crippen molar-refractivity contribution in [1.82, 2.24) is 0 Å². The number of aldehydes is 1. The molecule has 2 N–H and O–H groups in total. The van der Waals surface area contributed by atoms with Gasteiger partial charge in [0, 0.05) is 18.1 Å². The van der Waals surface area contributed by atoms with Gasteiger partial charge in [-0.15, -0.1) is 0 Å². The summed E-state index contributed by atoms with van der Waals surface area (Å²) < 4.78 is 35.3. The monoisotopic (exact) mass is 658 g/mol. The Morgan fingerprint density at radius 2 is 1.79 bits per heavy atom. The summed E-state index contributed by atoms with van der Waals surface area (Å²) >= 11 is 0. The molecule has 3 aliphatic heterocycles. The first-order valence-electron chi connectivity index (χ1n) is 17.4. The van der Waals surface area contributed by atoms with Crippen LogP contribution in [0.2, 0.25) is 0 Å². The van der Waals surface area contributed by atoms with E-state index in [-0.39, 0.29) is 54.7 Å². The zero-order valence-electron chi connectivity index (χ0n) is 28.4. The Bertz CT molecular complexity index is 1370. The standard InChI is InChI=1S/C36H50O11/c1-16(2)24-11-21-12-34(14-37)23-9-8-17(3)22(23)13-35(21,36(24,34)33(40)41)15-43-32-26(38)30(27(42-7)19(5)45-32)47-31(39)18(4)10-25-29(46-25)28-20(6)44-28/h10-11,14,16-17,19-23,25-30,32,38H,8-9,12-13,15H2,1-7H3,(H,40,41)/b18-10-/t17-,19-,20?,21?,22-,23-,25?,26+,27-,28?,29?,30+,32-,34?,35?,36?/m1/s1. The second kappa shape index (κ2) is 11.5. The maximum atomic E-state index is 13.8. The summed E-state index contributed by atoms with van der Waals surface area (Å²) in [5.74, 6) is -1.26. The lowest BCUT2D eigenvalue weighted by Crippen LogP contribution is -2.64. The fraction of sp³-hybridized carbons (Fsp3) is 0.806. The van der Waals surface area contributed by atoms with Gasteiger partial charge in [-0.05, 0) is 75.7 Å². The van der Waals surface area contributed by atoms with E-state index >= 15 is 0 Å². The van der Waals surface area contributed by atoms with Gasteiger partial charge in [-0.2, -0.15) is 0 Å². The molecule has 47 heavy (non-hydrogen) atoms. The van der Waals surface area contributed by atoms with Crippen molar-refractivity contribution in [3.8, 4) is 0 Å². The van der Waals surface area contributed by atoms with E-state index in [1.807, 2.05) is 20.8 Å². The molecule has 7 rings (SSSR count). The van der Waals surface area contributed by atoms with Gasteiger partial charge in [-0.1, -0.05) is 38.8 Å². The molecule has 4 aliphatic carbocycles. The molecule has 3 heterocycles. The number of ether oxygens (including phenoxy) is 6. The Labute approximate surface area is 276 Å². The third kappa shape index (κ3) is 4.55. The van der Waals surface area contributed by atoms with E-state index in [4.69, 9.17) is 28.4 Å². The zero-order chi connectivity index (χ0) is 33.8. The average Bonchev–Trinajstić information content (AvgIpc) is 3.88. The number of aliphatic carboxylic acids is 1. The molecule has 4 bridgehead atoms. The van der Waals surface area contributed by atoms with Gasteiger partial charge in [0.15, 0.2) is 12.4 Å². The number of epoxide rings is 2. The first kappa shape index (κ1) is 33.4. The minimum Gasteiger partial charge on any atom is -0.481 e. The number of allylic oxidation sites excluding steroid dienone is 1. The molecule has 3 saturated carbocycles. The van der Waals surface area contributed by atoms with Crippen LogP contribution in [0.15, 0.2) is 23.3 Å². The van der Waals surface area contributed by atoms with Gasteiger partial charge >= 0.3 is 11.9 Å². The third-order valence-corrected chi connectivity index (χ3v) is 13.3. The van der Waals surface area contributed by atoms with E-state index in [0.29, 0.717) is 24.3 Å². The van der Waals surface area contributed by atoms with Crippen molar-refractivity contribution in [1.29, 1.82) is 0 Å². The normalized spacial score (nSPS) is 51.0. The van der Waals surface area contributed by atoms with Crippen molar-refractivity contribution in [3.05, 3.63) is 23.3 Å². The molecule has 0 aromatic carbocycles. The van der Waals surface area contributed by atoms with Crippen LogP contribution in [0.3, 0.4) is 0 Å². The Hall–Kier alpha value is -2.15. The number of carboxylic acid groups (broad SMARTS) is 1. The molecule has 6 fully saturated rings. The predicted octanol–water partition coefficient (Wildman–Crippen LogP) is 3.46. The molecule has 0 amide bonds. The van der Waals surface area contributed by atoms with Crippen LogP contribution in [0, 0.1) is 45.8 Å². The molecule has 260 valence electrons. The van der Waals surface area contributed by atoms with E-state index < -0.39 is 58.9 Å². The van der Waals surface area contributed by atoms with E-state index in [0.717, 1.165) is 24.7 Å². The van der Waals surface area contributed by atoms with Gasteiger partial charge in [0.05, 0.1) is 24.2 Å². The quantitative estimate of drug-likeness (QED) is 0.110. The molecule has 8 unspecified atom stereocenters. The van der Waals surface area contributed by atoms with E-state index in [9.17, 15) is 24.6 Å². The van der Waals surface area contributed by atoms with Gasteiger partial charge < -0.3 is 43.4 Å². The number of hydrogen-bond donors (Lipinski definition) is 2. The second-order valence-corrected chi connectivity index (χ2v) is 15.8. The van der Waals surface area contributed by atoms with Crippen LogP contribution in [0.5, 0.6) is 0 Å². The zero-order valence-corrected chi connectivity index (χ0v) is 28.4. The van der Waals surface area contributed by atoms with Crippen molar-refractivity contribution in [2.24, 2.45) is 45.8 Å². The number of esters is 1. The molecule has 3 saturated heterocycles. The van der Waals surface area contributed by atoms with Gasteiger partial charge in [0.1, 0.15) is 42.2 Å². The lowest BCUT2D eigenvalue weighted by Gasteiger charge is -2.58. The van der Waals surface area contributed by atoms with Crippen LogP contribution in [-0.2, 0) is 42.8 Å². The molecule has 0 aromatic rings. The molecule has 16 atom stereocenters. The van der Waals surface area contributed by atoms with Crippen molar-refractivity contribution in [3.63, 3.8) is 0 Å². The maximum Gasteiger partial charge on any atom is 0.333 e. The fourth-order valence-electron chi connectivity index (χ4n) is 11.1. The van der Waals surface area contributed by atoms with Crippen molar-refractivity contribution in [2.45, 2.75) is 122 Å². The topological polar surface area (TPSA) is 154 Å². The van der Waals surface area contributed by atoms with Crippen LogP contribution in [0.1, 0.15) is 67.2 Å². The summed E-state index contributed by atoms with van der Waals surface area (Å²) in [4.78, 5) is 40.3. The summed E-state index contributed by atoms with van der Waals surface area (Å²) in [7, 11) is 1.46. The minimum atomic E-state index is -1.41. The lowest BCUT2D eigenvalue weighted by molar-refractivity contribution is -0.308. The van der Waals surface area contributed by atoms with Crippen LogP contribution in [0.4, 0.5) is 0 Å². The largest absolute Gasteiger partial charge is 0.481 e. The number of aliphatic hydroxyl groups excluding tert-OH is 1. The number of carbonyl (C=O) groups is 3. The smallest absolute Gasteiger partial charge is 0.333 e. The van der Waals surface area contributed by atoms with Gasteiger partial charge in [-0.25, -0.2) is 4.79 Å². The number of aliphatic hydroxyl groups is 1. The van der Waals surface area contributed by atoms with Crippen molar-refractivity contribution in [2.75, 3.05) is 13.7 Å². The highest BCUT2D eigenvalue weighted by Gasteiger charge is 2.84.